The standard InChI is InChI=1S/C21H25FN2O10/c1-11(2)17(26)30-9-21(22)15-14(32-20(29)33-15)16(34-21)23-8-7-13(25)24(19(23)28)10-31-18(27)12-5-3-4-6-12/h7-8,11-12,14-16H,3-6,9-10H2,1-2H3/t14-,15+,16-,21-/m1/s1. The lowest BCUT2D eigenvalue weighted by molar-refractivity contribution is -0.220. The van der Waals surface area contributed by atoms with Crippen molar-refractivity contribution in [3.63, 3.8) is 0 Å². The molecule has 1 aromatic rings. The van der Waals surface area contributed by atoms with Crippen molar-refractivity contribution in [3.05, 3.63) is 33.1 Å². The molecule has 0 amide bonds. The Labute approximate surface area is 192 Å². The van der Waals surface area contributed by atoms with Gasteiger partial charge < -0.3 is 23.7 Å². The zero-order valence-electron chi connectivity index (χ0n) is 18.6. The summed E-state index contributed by atoms with van der Waals surface area (Å²) in [6.45, 7) is 1.55. The first-order valence-corrected chi connectivity index (χ1v) is 11.0. The number of carbonyl (C=O) groups is 3. The summed E-state index contributed by atoms with van der Waals surface area (Å²) in [7, 11) is 0. The van der Waals surface area contributed by atoms with Crippen LogP contribution in [0.2, 0.25) is 0 Å². The summed E-state index contributed by atoms with van der Waals surface area (Å²) in [6.07, 6.45) is -1.56. The van der Waals surface area contributed by atoms with Crippen molar-refractivity contribution in [1.29, 1.82) is 0 Å². The number of hydrogen-bond acceptors (Lipinski definition) is 10. The fraction of sp³-hybridized carbons (Fsp3) is 0.667. The predicted molar refractivity (Wildman–Crippen MR) is 108 cm³/mol. The second kappa shape index (κ2) is 9.20. The number of ether oxygens (including phenoxy) is 5. The number of aromatic nitrogens is 2. The van der Waals surface area contributed by atoms with E-state index in [1.54, 1.807) is 13.8 Å². The molecule has 1 saturated carbocycles. The van der Waals surface area contributed by atoms with Crippen LogP contribution >= 0.6 is 0 Å². The van der Waals surface area contributed by atoms with Gasteiger partial charge in [-0.15, -0.1) is 0 Å². The van der Waals surface area contributed by atoms with E-state index < -0.39 is 72.9 Å². The number of nitrogens with zero attached hydrogens (tertiary/aromatic N) is 2. The predicted octanol–water partition coefficient (Wildman–Crippen LogP) is 0.999. The topological polar surface area (TPSA) is 141 Å². The SMILES string of the molecule is CC(C)C(=O)OC[C@@]1(F)O[C@@H](n2ccc(=O)n(COC(=O)C3CCCC3)c2=O)[C@@H]2OC(=O)O[C@@H]21. The molecule has 0 unspecified atom stereocenters. The van der Waals surface area contributed by atoms with Gasteiger partial charge in [0, 0.05) is 12.3 Å². The van der Waals surface area contributed by atoms with Crippen molar-refractivity contribution < 1.29 is 42.5 Å². The molecule has 4 rings (SSSR count). The highest BCUT2D eigenvalue weighted by molar-refractivity contribution is 5.72. The van der Waals surface area contributed by atoms with Gasteiger partial charge in [0.2, 0.25) is 6.10 Å². The van der Waals surface area contributed by atoms with E-state index in [1.165, 1.54) is 0 Å². The van der Waals surface area contributed by atoms with Gasteiger partial charge >= 0.3 is 23.8 Å². The van der Waals surface area contributed by atoms with Crippen LogP contribution in [0, 0.1) is 11.8 Å². The van der Waals surface area contributed by atoms with Crippen LogP contribution in [-0.4, -0.2) is 51.9 Å². The van der Waals surface area contributed by atoms with Gasteiger partial charge in [-0.05, 0) is 12.8 Å². The fourth-order valence-corrected chi connectivity index (χ4v) is 4.17. The quantitative estimate of drug-likeness (QED) is 0.406. The Bertz CT molecular complexity index is 1090. The Kier molecular flexibility index (Phi) is 6.47. The van der Waals surface area contributed by atoms with E-state index in [2.05, 4.69) is 0 Å². The number of fused-ring (bicyclic) bond motifs is 1. The lowest BCUT2D eigenvalue weighted by atomic mass is 10.1. The molecule has 4 atom stereocenters. The minimum Gasteiger partial charge on any atom is -0.459 e. The molecule has 0 bridgehead atoms. The van der Waals surface area contributed by atoms with Crippen molar-refractivity contribution >= 4 is 18.1 Å². The second-order valence-electron chi connectivity index (χ2n) is 8.77. The third kappa shape index (κ3) is 4.43. The highest BCUT2D eigenvalue weighted by atomic mass is 19.2. The van der Waals surface area contributed by atoms with Crippen LogP contribution in [0.25, 0.3) is 0 Å². The number of carbonyl (C=O) groups excluding carboxylic acids is 3. The van der Waals surface area contributed by atoms with Crippen LogP contribution in [0.15, 0.2) is 21.9 Å². The largest absolute Gasteiger partial charge is 0.509 e. The number of rotatable bonds is 7. The molecular formula is C21H25FN2O10. The molecule has 3 heterocycles. The molecule has 0 N–H and O–H groups in total. The van der Waals surface area contributed by atoms with Crippen molar-refractivity contribution in [1.82, 2.24) is 9.13 Å². The Hall–Kier alpha value is -3.22. The van der Waals surface area contributed by atoms with Gasteiger partial charge in [-0.1, -0.05) is 26.7 Å². The van der Waals surface area contributed by atoms with Crippen LogP contribution in [-0.2, 0) is 40.0 Å². The second-order valence-corrected chi connectivity index (χ2v) is 8.77. The van der Waals surface area contributed by atoms with Crippen LogP contribution in [0.4, 0.5) is 9.18 Å². The Balaban J connectivity index is 1.57. The molecule has 34 heavy (non-hydrogen) atoms. The molecule has 13 heteroatoms. The fourth-order valence-electron chi connectivity index (χ4n) is 4.17. The first kappa shape index (κ1) is 23.9. The summed E-state index contributed by atoms with van der Waals surface area (Å²) in [5, 5.41) is 0. The molecule has 186 valence electrons. The molecule has 3 aliphatic rings. The molecule has 1 aliphatic carbocycles. The van der Waals surface area contributed by atoms with Crippen LogP contribution < -0.4 is 11.2 Å². The summed E-state index contributed by atoms with van der Waals surface area (Å²) in [6, 6.07) is 0.998. The molecule has 0 spiro atoms. The zero-order chi connectivity index (χ0) is 24.6. The van der Waals surface area contributed by atoms with Gasteiger partial charge in [-0.3, -0.25) is 19.0 Å². The van der Waals surface area contributed by atoms with Gasteiger partial charge in [-0.25, -0.2) is 18.5 Å². The Morgan fingerprint density at radius 1 is 1.18 bits per heavy atom. The molecule has 12 nitrogen and oxygen atoms in total. The van der Waals surface area contributed by atoms with Gasteiger partial charge in [0.15, 0.2) is 25.7 Å². The molecule has 0 radical (unpaired) electrons. The zero-order valence-corrected chi connectivity index (χ0v) is 18.6. The molecule has 2 aliphatic heterocycles. The average molecular weight is 484 g/mol. The van der Waals surface area contributed by atoms with Crippen LogP contribution in [0.3, 0.4) is 0 Å². The van der Waals surface area contributed by atoms with Gasteiger partial charge in [0.25, 0.3) is 11.4 Å². The average Bonchev–Trinajstić information content (AvgIpc) is 3.50. The van der Waals surface area contributed by atoms with Crippen molar-refractivity contribution in [3.8, 4) is 0 Å². The minimum atomic E-state index is -2.80. The minimum absolute atomic E-state index is 0.281. The summed E-state index contributed by atoms with van der Waals surface area (Å²) in [4.78, 5) is 61.0. The van der Waals surface area contributed by atoms with Gasteiger partial charge in [0.1, 0.15) is 0 Å². The Morgan fingerprint density at radius 3 is 2.56 bits per heavy atom. The monoisotopic (exact) mass is 484 g/mol. The van der Waals surface area contributed by atoms with Crippen LogP contribution in [0.1, 0.15) is 45.8 Å². The number of alkyl halides is 1. The Morgan fingerprint density at radius 2 is 1.88 bits per heavy atom. The summed E-state index contributed by atoms with van der Waals surface area (Å²) >= 11 is 0. The first-order valence-electron chi connectivity index (χ1n) is 11.0. The maximum atomic E-state index is 15.6. The van der Waals surface area contributed by atoms with Crippen molar-refractivity contribution in [2.75, 3.05) is 6.61 Å². The molecule has 1 aromatic heterocycles. The first-order chi connectivity index (χ1) is 16.1. The van der Waals surface area contributed by atoms with Crippen LogP contribution in [0.5, 0.6) is 0 Å². The van der Waals surface area contributed by atoms with E-state index in [0.29, 0.717) is 17.4 Å². The molecular weight excluding hydrogens is 459 g/mol. The van der Waals surface area contributed by atoms with Crippen molar-refractivity contribution in [2.24, 2.45) is 11.8 Å². The third-order valence-corrected chi connectivity index (χ3v) is 6.05. The summed E-state index contributed by atoms with van der Waals surface area (Å²) < 4.78 is 42.4. The van der Waals surface area contributed by atoms with E-state index in [0.717, 1.165) is 29.7 Å². The van der Waals surface area contributed by atoms with E-state index in [4.69, 9.17) is 23.7 Å². The van der Waals surface area contributed by atoms with E-state index in [-0.39, 0.29) is 5.92 Å². The number of hydrogen-bond donors (Lipinski definition) is 0. The van der Waals surface area contributed by atoms with E-state index in [9.17, 15) is 24.0 Å². The normalized spacial score (nSPS) is 28.5. The summed E-state index contributed by atoms with van der Waals surface area (Å²) in [5.41, 5.74) is -1.74. The van der Waals surface area contributed by atoms with Gasteiger partial charge in [0.05, 0.1) is 11.8 Å². The summed E-state index contributed by atoms with van der Waals surface area (Å²) in [5.74, 6) is -4.85. The maximum Gasteiger partial charge on any atom is 0.509 e. The number of esters is 2. The highest BCUT2D eigenvalue weighted by Crippen LogP contribution is 2.44. The van der Waals surface area contributed by atoms with E-state index >= 15 is 4.39 Å². The lowest BCUT2D eigenvalue weighted by Gasteiger charge is -2.24. The third-order valence-electron chi connectivity index (χ3n) is 6.05. The molecule has 0 aromatic carbocycles. The lowest BCUT2D eigenvalue weighted by Crippen LogP contribution is -2.43. The van der Waals surface area contributed by atoms with Gasteiger partial charge in [-0.2, -0.15) is 0 Å². The van der Waals surface area contributed by atoms with E-state index in [1.807, 2.05) is 0 Å². The van der Waals surface area contributed by atoms with Crippen molar-refractivity contribution in [2.45, 2.75) is 70.6 Å². The smallest absolute Gasteiger partial charge is 0.459 e. The molecule has 2 saturated heterocycles. The molecule has 3 fully saturated rings. The maximum absolute atomic E-state index is 15.6. The highest BCUT2D eigenvalue weighted by Gasteiger charge is 2.65. The number of halogens is 1.